The van der Waals surface area contributed by atoms with Crippen LogP contribution < -0.4 is 15.4 Å². The van der Waals surface area contributed by atoms with Crippen LogP contribution in [-0.2, 0) is 0 Å². The summed E-state index contributed by atoms with van der Waals surface area (Å²) >= 11 is 0. The highest BCUT2D eigenvalue weighted by molar-refractivity contribution is 5.59. The summed E-state index contributed by atoms with van der Waals surface area (Å²) in [4.78, 5) is 4.47. The molecule has 0 spiro atoms. The van der Waals surface area contributed by atoms with E-state index in [1.807, 2.05) is 13.1 Å². The van der Waals surface area contributed by atoms with Crippen LogP contribution in [0, 0.1) is 0 Å². The highest BCUT2D eigenvalue weighted by Crippen LogP contribution is 2.45. The van der Waals surface area contributed by atoms with Crippen molar-refractivity contribution in [3.05, 3.63) is 53.7 Å². The van der Waals surface area contributed by atoms with Gasteiger partial charge in [-0.05, 0) is 37.6 Å². The van der Waals surface area contributed by atoms with Gasteiger partial charge in [0.05, 0.1) is 7.11 Å². The van der Waals surface area contributed by atoms with Crippen molar-refractivity contribution >= 4 is 5.82 Å². The topological polar surface area (TPSA) is 46.2 Å². The van der Waals surface area contributed by atoms with Crippen molar-refractivity contribution in [2.75, 3.05) is 32.6 Å². The highest BCUT2D eigenvalue weighted by Gasteiger charge is 2.33. The number of hydrogen-bond donors (Lipinski definition) is 2. The molecule has 2 aromatic rings. The second-order valence-electron chi connectivity index (χ2n) is 5.67. The number of methoxy groups -OCH3 is 1. The lowest BCUT2D eigenvalue weighted by Crippen LogP contribution is -2.19. The molecule has 1 aliphatic heterocycles. The van der Waals surface area contributed by atoms with Gasteiger partial charge in [-0.3, -0.25) is 0 Å². The second kappa shape index (κ2) is 6.79. The van der Waals surface area contributed by atoms with Crippen molar-refractivity contribution in [1.29, 1.82) is 0 Å². The van der Waals surface area contributed by atoms with E-state index in [0.717, 1.165) is 31.1 Å². The molecule has 0 fully saturated rings. The van der Waals surface area contributed by atoms with E-state index in [-0.39, 0.29) is 0 Å². The molecular formula is C18H23N3O. The van der Waals surface area contributed by atoms with E-state index in [0.29, 0.717) is 11.8 Å². The van der Waals surface area contributed by atoms with Crippen LogP contribution in [-0.4, -0.2) is 32.2 Å². The van der Waals surface area contributed by atoms with Gasteiger partial charge in [0.25, 0.3) is 0 Å². The first-order valence-corrected chi connectivity index (χ1v) is 7.81. The molecule has 0 amide bonds. The summed E-state index contributed by atoms with van der Waals surface area (Å²) in [7, 11) is 3.74. The van der Waals surface area contributed by atoms with Gasteiger partial charge in [0.1, 0.15) is 11.6 Å². The average Bonchev–Trinajstić information content (AvgIpc) is 3.00. The van der Waals surface area contributed by atoms with Gasteiger partial charge in [0, 0.05) is 24.2 Å². The fourth-order valence-electron chi connectivity index (χ4n) is 3.39. The molecule has 0 saturated carbocycles. The summed E-state index contributed by atoms with van der Waals surface area (Å²) in [6, 6.07) is 12.7. The number of nitrogens with zero attached hydrogens (tertiary/aromatic N) is 1. The standard InChI is InChI=1S/C18H23N3O/c1-19-10-8-14(13-6-4-3-5-7-13)15-12-21-18-17(15)16(22-2)9-11-20-18/h3-7,9,11,14-15,19H,8,10,12H2,1-2H3,(H,20,21)/t14-,15?/m0/s1. The minimum Gasteiger partial charge on any atom is -0.496 e. The number of anilines is 1. The molecule has 2 atom stereocenters. The van der Waals surface area contributed by atoms with Gasteiger partial charge < -0.3 is 15.4 Å². The van der Waals surface area contributed by atoms with Gasteiger partial charge in [-0.25, -0.2) is 4.98 Å². The summed E-state index contributed by atoms with van der Waals surface area (Å²) in [5.41, 5.74) is 2.60. The Morgan fingerprint density at radius 3 is 2.86 bits per heavy atom. The summed E-state index contributed by atoms with van der Waals surface area (Å²) in [5, 5.41) is 6.72. The molecule has 0 saturated heterocycles. The van der Waals surface area contributed by atoms with E-state index in [1.54, 1.807) is 13.3 Å². The number of aromatic nitrogens is 1. The Bertz CT molecular complexity index is 615. The summed E-state index contributed by atoms with van der Waals surface area (Å²) in [6.07, 6.45) is 2.89. The van der Waals surface area contributed by atoms with Crippen molar-refractivity contribution in [1.82, 2.24) is 10.3 Å². The van der Waals surface area contributed by atoms with E-state index >= 15 is 0 Å². The molecule has 4 nitrogen and oxygen atoms in total. The second-order valence-corrected chi connectivity index (χ2v) is 5.67. The first-order valence-electron chi connectivity index (χ1n) is 7.81. The third-order valence-corrected chi connectivity index (χ3v) is 4.45. The molecule has 1 aromatic heterocycles. The van der Waals surface area contributed by atoms with Crippen molar-refractivity contribution in [2.45, 2.75) is 18.3 Å². The van der Waals surface area contributed by atoms with Gasteiger partial charge >= 0.3 is 0 Å². The van der Waals surface area contributed by atoms with Crippen LogP contribution in [0.25, 0.3) is 0 Å². The van der Waals surface area contributed by atoms with Gasteiger partial charge in [-0.15, -0.1) is 0 Å². The Kier molecular flexibility index (Phi) is 4.59. The van der Waals surface area contributed by atoms with Crippen molar-refractivity contribution < 1.29 is 4.74 Å². The van der Waals surface area contributed by atoms with Gasteiger partial charge in [0.2, 0.25) is 0 Å². The number of fused-ring (bicyclic) bond motifs is 1. The van der Waals surface area contributed by atoms with Gasteiger partial charge in [-0.2, -0.15) is 0 Å². The number of benzene rings is 1. The van der Waals surface area contributed by atoms with E-state index in [9.17, 15) is 0 Å². The number of pyridine rings is 1. The van der Waals surface area contributed by atoms with E-state index in [1.165, 1.54) is 11.1 Å². The molecule has 1 unspecified atom stereocenters. The fourth-order valence-corrected chi connectivity index (χ4v) is 3.39. The molecule has 1 aromatic carbocycles. The lowest BCUT2D eigenvalue weighted by atomic mass is 9.80. The lowest BCUT2D eigenvalue weighted by molar-refractivity contribution is 0.401. The minimum absolute atomic E-state index is 0.384. The van der Waals surface area contributed by atoms with Crippen LogP contribution in [0.5, 0.6) is 5.75 Å². The highest BCUT2D eigenvalue weighted by atomic mass is 16.5. The predicted molar refractivity (Wildman–Crippen MR) is 89.7 cm³/mol. The first kappa shape index (κ1) is 14.9. The third-order valence-electron chi connectivity index (χ3n) is 4.45. The fraction of sp³-hybridized carbons (Fsp3) is 0.389. The minimum atomic E-state index is 0.384. The zero-order valence-electron chi connectivity index (χ0n) is 13.2. The monoisotopic (exact) mass is 297 g/mol. The SMILES string of the molecule is CNCC[C@@H](c1ccccc1)C1CNc2nccc(OC)c21. The zero-order valence-corrected chi connectivity index (χ0v) is 13.2. The molecule has 1 aliphatic rings. The molecule has 0 aliphatic carbocycles. The predicted octanol–water partition coefficient (Wildman–Crippen LogP) is 2.99. The average molecular weight is 297 g/mol. The summed E-state index contributed by atoms with van der Waals surface area (Å²) < 4.78 is 5.58. The number of hydrogen-bond acceptors (Lipinski definition) is 4. The molecule has 4 heteroatoms. The van der Waals surface area contributed by atoms with Gasteiger partial charge in [-0.1, -0.05) is 30.3 Å². The quantitative estimate of drug-likeness (QED) is 0.860. The Labute approximate surface area is 131 Å². The molecule has 2 heterocycles. The molecule has 22 heavy (non-hydrogen) atoms. The lowest BCUT2D eigenvalue weighted by Gasteiger charge is -2.25. The first-order chi connectivity index (χ1) is 10.8. The third kappa shape index (κ3) is 2.79. The maximum Gasteiger partial charge on any atom is 0.133 e. The van der Waals surface area contributed by atoms with E-state index in [4.69, 9.17) is 4.74 Å². The zero-order chi connectivity index (χ0) is 15.4. The van der Waals surface area contributed by atoms with Crippen LogP contribution in [0.1, 0.15) is 29.4 Å². The van der Waals surface area contributed by atoms with Crippen LogP contribution in [0.3, 0.4) is 0 Å². The Morgan fingerprint density at radius 2 is 2.14 bits per heavy atom. The molecule has 2 N–H and O–H groups in total. The normalized spacial score (nSPS) is 17.6. The molecule has 3 rings (SSSR count). The van der Waals surface area contributed by atoms with E-state index < -0.39 is 0 Å². The maximum atomic E-state index is 5.58. The number of nitrogens with one attached hydrogen (secondary N) is 2. The van der Waals surface area contributed by atoms with Gasteiger partial charge in [0.15, 0.2) is 0 Å². The van der Waals surface area contributed by atoms with Crippen molar-refractivity contribution in [2.24, 2.45) is 0 Å². The Balaban J connectivity index is 1.97. The van der Waals surface area contributed by atoms with Crippen LogP contribution in [0.15, 0.2) is 42.6 Å². The Hall–Kier alpha value is -2.07. The van der Waals surface area contributed by atoms with Crippen molar-refractivity contribution in [3.63, 3.8) is 0 Å². The molecule has 116 valence electrons. The number of ether oxygens (including phenoxy) is 1. The van der Waals surface area contributed by atoms with Crippen molar-refractivity contribution in [3.8, 4) is 5.75 Å². The smallest absolute Gasteiger partial charge is 0.133 e. The number of rotatable bonds is 6. The summed E-state index contributed by atoms with van der Waals surface area (Å²) in [6.45, 7) is 1.90. The largest absolute Gasteiger partial charge is 0.496 e. The molecule has 0 bridgehead atoms. The van der Waals surface area contributed by atoms with Crippen LogP contribution >= 0.6 is 0 Å². The maximum absolute atomic E-state index is 5.58. The van der Waals surface area contributed by atoms with E-state index in [2.05, 4.69) is 45.9 Å². The van der Waals surface area contributed by atoms with Crippen LogP contribution in [0.2, 0.25) is 0 Å². The molecular weight excluding hydrogens is 274 g/mol. The Morgan fingerprint density at radius 1 is 1.32 bits per heavy atom. The summed E-state index contributed by atoms with van der Waals surface area (Å²) in [5.74, 6) is 2.73. The molecule has 0 radical (unpaired) electrons. The van der Waals surface area contributed by atoms with Crippen LogP contribution in [0.4, 0.5) is 5.82 Å².